The zero-order valence-electron chi connectivity index (χ0n) is 10.5. The average molecular weight is 246 g/mol. The molecule has 0 aromatic rings. The van der Waals surface area contributed by atoms with Crippen LogP contribution in [0.5, 0.6) is 0 Å². The largest absolute Gasteiger partial charge is 0.356 e. The lowest BCUT2D eigenvalue weighted by molar-refractivity contribution is -0.121. The second-order valence-corrected chi connectivity index (χ2v) is 4.99. The molecule has 0 aromatic carbocycles. The van der Waals surface area contributed by atoms with Crippen LogP contribution in [0, 0.1) is 0 Å². The number of amides is 1. The number of nitrogens with two attached hydrogens (primary N) is 1. The molecule has 4 heteroatoms. The Balaban J connectivity index is 3.12. The van der Waals surface area contributed by atoms with E-state index in [1.165, 1.54) is 18.6 Å². The van der Waals surface area contributed by atoms with Crippen LogP contribution in [0.3, 0.4) is 0 Å². The molecule has 0 unspecified atom stereocenters. The number of hydrogen-bond acceptors (Lipinski definition) is 3. The van der Waals surface area contributed by atoms with Crippen LogP contribution < -0.4 is 11.1 Å². The second kappa shape index (κ2) is 12.8. The highest BCUT2D eigenvalue weighted by atomic mass is 32.2. The number of unbranched alkanes of at least 4 members (excludes halogenated alkanes) is 4. The number of carbonyl (C=O) groups is 1. The highest BCUT2D eigenvalue weighted by molar-refractivity contribution is 7.98. The Bertz CT molecular complexity index is 149. The van der Waals surface area contributed by atoms with Crippen molar-refractivity contribution >= 4 is 17.7 Å². The standard InChI is InChI=1S/C12H26N2OS/c1-16-11-7-2-4-8-12(15)14-10-6-3-5-9-13/h2-11,13H2,1H3,(H,14,15). The Morgan fingerprint density at radius 1 is 1.12 bits per heavy atom. The zero-order chi connectivity index (χ0) is 12.1. The van der Waals surface area contributed by atoms with Crippen LogP contribution >= 0.6 is 11.8 Å². The van der Waals surface area contributed by atoms with E-state index in [1.54, 1.807) is 0 Å². The number of rotatable bonds is 11. The SMILES string of the molecule is CSCCCCCC(=O)NCCCCCN. The summed E-state index contributed by atoms with van der Waals surface area (Å²) >= 11 is 1.87. The highest BCUT2D eigenvalue weighted by Crippen LogP contribution is 2.04. The van der Waals surface area contributed by atoms with Gasteiger partial charge in [0.25, 0.3) is 0 Å². The molecule has 0 spiro atoms. The Morgan fingerprint density at radius 3 is 2.56 bits per heavy atom. The third-order valence-electron chi connectivity index (χ3n) is 2.46. The van der Waals surface area contributed by atoms with Gasteiger partial charge in [0.2, 0.25) is 5.91 Å². The molecule has 1 amide bonds. The van der Waals surface area contributed by atoms with E-state index in [-0.39, 0.29) is 5.91 Å². The van der Waals surface area contributed by atoms with Crippen LogP contribution in [0.1, 0.15) is 44.9 Å². The van der Waals surface area contributed by atoms with Crippen LogP contribution in [-0.4, -0.2) is 31.0 Å². The predicted octanol–water partition coefficient (Wildman–Crippen LogP) is 2.16. The summed E-state index contributed by atoms with van der Waals surface area (Å²) in [7, 11) is 0. The smallest absolute Gasteiger partial charge is 0.219 e. The number of thioether (sulfide) groups is 1. The lowest BCUT2D eigenvalue weighted by atomic mass is 10.2. The first-order chi connectivity index (χ1) is 7.81. The summed E-state index contributed by atoms with van der Waals surface area (Å²) in [5.74, 6) is 1.41. The maximum absolute atomic E-state index is 11.4. The number of hydrogen-bond donors (Lipinski definition) is 2. The Labute approximate surface area is 104 Å². The van der Waals surface area contributed by atoms with Gasteiger partial charge in [0, 0.05) is 13.0 Å². The van der Waals surface area contributed by atoms with Crippen molar-refractivity contribution in [2.75, 3.05) is 25.1 Å². The Hall–Kier alpha value is -0.220. The van der Waals surface area contributed by atoms with Gasteiger partial charge in [-0.25, -0.2) is 0 Å². The summed E-state index contributed by atoms with van der Waals surface area (Å²) in [6.07, 6.45) is 9.45. The third-order valence-corrected chi connectivity index (χ3v) is 3.15. The molecular formula is C12H26N2OS. The Morgan fingerprint density at radius 2 is 1.88 bits per heavy atom. The number of carbonyl (C=O) groups excluding carboxylic acids is 1. The molecule has 3 nitrogen and oxygen atoms in total. The molecule has 0 saturated heterocycles. The van der Waals surface area contributed by atoms with Crippen molar-refractivity contribution in [2.24, 2.45) is 5.73 Å². The van der Waals surface area contributed by atoms with Crippen LogP contribution in [-0.2, 0) is 4.79 Å². The third kappa shape index (κ3) is 11.9. The van der Waals surface area contributed by atoms with Crippen molar-refractivity contribution in [3.8, 4) is 0 Å². The first-order valence-corrected chi connectivity index (χ1v) is 7.66. The maximum atomic E-state index is 11.4. The van der Waals surface area contributed by atoms with Crippen LogP contribution in [0.2, 0.25) is 0 Å². The second-order valence-electron chi connectivity index (χ2n) is 4.00. The zero-order valence-corrected chi connectivity index (χ0v) is 11.3. The molecule has 0 aromatic heterocycles. The Kier molecular flexibility index (Phi) is 12.7. The molecule has 0 heterocycles. The van der Waals surface area contributed by atoms with Gasteiger partial charge in [-0.1, -0.05) is 12.8 Å². The lowest BCUT2D eigenvalue weighted by Crippen LogP contribution is -2.24. The van der Waals surface area contributed by atoms with Crippen LogP contribution in [0.4, 0.5) is 0 Å². The first-order valence-electron chi connectivity index (χ1n) is 6.27. The maximum Gasteiger partial charge on any atom is 0.219 e. The van der Waals surface area contributed by atoms with E-state index in [9.17, 15) is 4.79 Å². The van der Waals surface area contributed by atoms with E-state index in [0.29, 0.717) is 6.42 Å². The summed E-state index contributed by atoms with van der Waals surface area (Å²) in [6.45, 7) is 1.56. The van der Waals surface area contributed by atoms with Crippen molar-refractivity contribution < 1.29 is 4.79 Å². The van der Waals surface area contributed by atoms with Crippen molar-refractivity contribution in [3.05, 3.63) is 0 Å². The summed E-state index contributed by atoms with van der Waals surface area (Å²) in [5.41, 5.74) is 5.39. The molecule has 16 heavy (non-hydrogen) atoms. The molecular weight excluding hydrogens is 220 g/mol. The van der Waals surface area contributed by atoms with Gasteiger partial charge in [-0.05, 0) is 44.2 Å². The van der Waals surface area contributed by atoms with E-state index in [4.69, 9.17) is 5.73 Å². The fraction of sp³-hybridized carbons (Fsp3) is 0.917. The molecule has 0 saturated carbocycles. The quantitative estimate of drug-likeness (QED) is 0.549. The molecule has 3 N–H and O–H groups in total. The van der Waals surface area contributed by atoms with Gasteiger partial charge >= 0.3 is 0 Å². The van der Waals surface area contributed by atoms with Gasteiger partial charge in [-0.3, -0.25) is 4.79 Å². The van der Waals surface area contributed by atoms with E-state index in [1.807, 2.05) is 11.8 Å². The van der Waals surface area contributed by atoms with Gasteiger partial charge < -0.3 is 11.1 Å². The van der Waals surface area contributed by atoms with E-state index >= 15 is 0 Å². The van der Waals surface area contributed by atoms with Crippen molar-refractivity contribution in [1.29, 1.82) is 0 Å². The van der Waals surface area contributed by atoms with Gasteiger partial charge in [0.05, 0.1) is 0 Å². The number of nitrogens with one attached hydrogen (secondary N) is 1. The van der Waals surface area contributed by atoms with Gasteiger partial charge in [0.1, 0.15) is 0 Å². The minimum atomic E-state index is 0.205. The normalized spacial score (nSPS) is 10.4. The monoisotopic (exact) mass is 246 g/mol. The van der Waals surface area contributed by atoms with Crippen LogP contribution in [0.25, 0.3) is 0 Å². The fourth-order valence-corrected chi connectivity index (χ4v) is 1.96. The lowest BCUT2D eigenvalue weighted by Gasteiger charge is -2.04. The molecule has 0 atom stereocenters. The van der Waals surface area contributed by atoms with Gasteiger partial charge in [-0.2, -0.15) is 11.8 Å². The molecule has 0 aliphatic carbocycles. The molecule has 0 aliphatic rings. The highest BCUT2D eigenvalue weighted by Gasteiger charge is 1.99. The molecule has 0 fully saturated rings. The van der Waals surface area contributed by atoms with E-state index in [0.717, 1.165) is 38.8 Å². The summed E-state index contributed by atoms with van der Waals surface area (Å²) in [6, 6.07) is 0. The first kappa shape index (κ1) is 15.8. The van der Waals surface area contributed by atoms with E-state index in [2.05, 4.69) is 11.6 Å². The summed E-state index contributed by atoms with van der Waals surface area (Å²) < 4.78 is 0. The minimum absolute atomic E-state index is 0.205. The predicted molar refractivity (Wildman–Crippen MR) is 72.8 cm³/mol. The van der Waals surface area contributed by atoms with Crippen molar-refractivity contribution in [1.82, 2.24) is 5.32 Å². The molecule has 0 radical (unpaired) electrons. The average Bonchev–Trinajstić information content (AvgIpc) is 2.28. The van der Waals surface area contributed by atoms with E-state index < -0.39 is 0 Å². The minimum Gasteiger partial charge on any atom is -0.356 e. The van der Waals surface area contributed by atoms with Crippen molar-refractivity contribution in [2.45, 2.75) is 44.9 Å². The summed E-state index contributed by atoms with van der Waals surface area (Å²) in [5, 5.41) is 2.95. The topological polar surface area (TPSA) is 55.1 Å². The molecule has 0 aliphatic heterocycles. The van der Waals surface area contributed by atoms with Crippen molar-refractivity contribution in [3.63, 3.8) is 0 Å². The van der Waals surface area contributed by atoms with Gasteiger partial charge in [-0.15, -0.1) is 0 Å². The fourth-order valence-electron chi connectivity index (χ4n) is 1.47. The molecule has 96 valence electrons. The molecule has 0 bridgehead atoms. The summed E-state index contributed by atoms with van der Waals surface area (Å²) in [4.78, 5) is 11.4. The van der Waals surface area contributed by atoms with Gasteiger partial charge in [0.15, 0.2) is 0 Å². The van der Waals surface area contributed by atoms with Crippen LogP contribution in [0.15, 0.2) is 0 Å². The molecule has 0 rings (SSSR count).